The molecular formula is C14H11F2NO4. The van der Waals surface area contributed by atoms with E-state index in [9.17, 15) is 18.4 Å². The maximum atomic E-state index is 13.7. The van der Waals surface area contributed by atoms with Gasteiger partial charge in [0.1, 0.15) is 23.0 Å². The number of furan rings is 1. The Bertz CT molecular complexity index is 709. The molecule has 5 nitrogen and oxygen atoms in total. The number of nitrogens with one attached hydrogen (secondary N) is 1. The molecule has 0 saturated heterocycles. The van der Waals surface area contributed by atoms with Gasteiger partial charge in [-0.1, -0.05) is 6.07 Å². The number of benzene rings is 1. The zero-order chi connectivity index (χ0) is 15.6. The van der Waals surface area contributed by atoms with Gasteiger partial charge in [-0.25, -0.2) is 13.6 Å². The Labute approximate surface area is 118 Å². The van der Waals surface area contributed by atoms with Crippen LogP contribution in [-0.4, -0.2) is 17.0 Å². The van der Waals surface area contributed by atoms with Gasteiger partial charge in [-0.2, -0.15) is 0 Å². The van der Waals surface area contributed by atoms with Crippen LogP contribution in [0.25, 0.3) is 0 Å². The summed E-state index contributed by atoms with van der Waals surface area (Å²) in [5.41, 5.74) is -0.535. The fraction of sp³-hybridized carbons (Fsp3) is 0.143. The van der Waals surface area contributed by atoms with E-state index in [1.165, 1.54) is 25.1 Å². The van der Waals surface area contributed by atoms with Crippen LogP contribution in [0.4, 0.5) is 8.78 Å². The smallest absolute Gasteiger partial charge is 0.371 e. The van der Waals surface area contributed by atoms with Crippen LogP contribution in [0.5, 0.6) is 0 Å². The maximum absolute atomic E-state index is 13.7. The highest BCUT2D eigenvalue weighted by atomic mass is 19.1. The third-order valence-electron chi connectivity index (χ3n) is 2.81. The van der Waals surface area contributed by atoms with Gasteiger partial charge in [0.2, 0.25) is 5.76 Å². The molecule has 1 aromatic heterocycles. The van der Waals surface area contributed by atoms with E-state index >= 15 is 0 Å². The number of hydrogen-bond donors (Lipinski definition) is 2. The number of carbonyl (C=O) groups excluding carboxylic acids is 1. The van der Waals surface area contributed by atoms with E-state index in [1.54, 1.807) is 0 Å². The molecule has 2 aromatic rings. The molecule has 1 aromatic carbocycles. The first-order chi connectivity index (χ1) is 9.90. The first-order valence-electron chi connectivity index (χ1n) is 5.95. The van der Waals surface area contributed by atoms with Crippen LogP contribution in [0.1, 0.15) is 32.2 Å². The molecule has 2 N–H and O–H groups in total. The lowest BCUT2D eigenvalue weighted by molar-refractivity contribution is 0.0660. The van der Waals surface area contributed by atoms with Gasteiger partial charge >= 0.3 is 5.97 Å². The minimum absolute atomic E-state index is 0.146. The molecule has 0 atom stereocenters. The quantitative estimate of drug-likeness (QED) is 0.908. The van der Waals surface area contributed by atoms with E-state index in [0.717, 1.165) is 6.07 Å². The Morgan fingerprint density at radius 2 is 1.95 bits per heavy atom. The third kappa shape index (κ3) is 3.07. The number of carboxylic acid groups (broad SMARTS) is 1. The highest BCUT2D eigenvalue weighted by molar-refractivity contribution is 5.94. The monoisotopic (exact) mass is 295 g/mol. The summed E-state index contributed by atoms with van der Waals surface area (Å²) in [4.78, 5) is 22.4. The summed E-state index contributed by atoms with van der Waals surface area (Å²) in [6.07, 6.45) is 0. The van der Waals surface area contributed by atoms with Gasteiger partial charge < -0.3 is 14.8 Å². The Morgan fingerprint density at radius 3 is 2.57 bits per heavy atom. The van der Waals surface area contributed by atoms with Crippen molar-refractivity contribution in [2.75, 3.05) is 0 Å². The lowest BCUT2D eigenvalue weighted by Crippen LogP contribution is -2.25. The number of aryl methyl sites for hydroxylation is 1. The summed E-state index contributed by atoms with van der Waals surface area (Å²) in [7, 11) is 0. The minimum Gasteiger partial charge on any atom is -0.475 e. The predicted molar refractivity (Wildman–Crippen MR) is 67.9 cm³/mol. The van der Waals surface area contributed by atoms with Crippen LogP contribution in [0, 0.1) is 18.6 Å². The molecule has 0 saturated carbocycles. The summed E-state index contributed by atoms with van der Waals surface area (Å²) in [5.74, 6) is -4.22. The number of aromatic carboxylic acids is 1. The van der Waals surface area contributed by atoms with E-state index in [0.29, 0.717) is 0 Å². The number of halogens is 2. The molecule has 0 radical (unpaired) electrons. The van der Waals surface area contributed by atoms with Gasteiger partial charge in [0.25, 0.3) is 5.91 Å². The van der Waals surface area contributed by atoms with Crippen molar-refractivity contribution < 1.29 is 27.9 Å². The van der Waals surface area contributed by atoms with Crippen LogP contribution in [0.3, 0.4) is 0 Å². The van der Waals surface area contributed by atoms with E-state index in [4.69, 9.17) is 9.52 Å². The Balaban J connectivity index is 2.12. The molecular weight excluding hydrogens is 284 g/mol. The molecule has 0 spiro atoms. The van der Waals surface area contributed by atoms with Crippen LogP contribution in [-0.2, 0) is 6.54 Å². The van der Waals surface area contributed by atoms with Crippen molar-refractivity contribution in [3.05, 3.63) is 58.5 Å². The zero-order valence-electron chi connectivity index (χ0n) is 10.9. The molecule has 21 heavy (non-hydrogen) atoms. The van der Waals surface area contributed by atoms with Gasteiger partial charge in [-0.05, 0) is 30.7 Å². The average Bonchev–Trinajstić information content (AvgIpc) is 2.90. The third-order valence-corrected chi connectivity index (χ3v) is 2.81. The maximum Gasteiger partial charge on any atom is 0.371 e. The van der Waals surface area contributed by atoms with Crippen molar-refractivity contribution in [2.24, 2.45) is 0 Å². The van der Waals surface area contributed by atoms with Gasteiger partial charge in [0.15, 0.2) is 0 Å². The van der Waals surface area contributed by atoms with E-state index in [2.05, 4.69) is 5.32 Å². The summed E-state index contributed by atoms with van der Waals surface area (Å²) >= 11 is 0. The molecule has 1 heterocycles. The molecule has 0 aliphatic carbocycles. The van der Waals surface area contributed by atoms with Crippen molar-refractivity contribution in [1.29, 1.82) is 0 Å². The average molecular weight is 295 g/mol. The second-order valence-electron chi connectivity index (χ2n) is 4.31. The van der Waals surface area contributed by atoms with E-state index in [-0.39, 0.29) is 23.6 Å². The number of hydrogen-bond acceptors (Lipinski definition) is 3. The number of amides is 1. The van der Waals surface area contributed by atoms with Gasteiger partial charge in [0.05, 0.1) is 6.54 Å². The molecule has 0 unspecified atom stereocenters. The molecule has 2 rings (SSSR count). The second-order valence-corrected chi connectivity index (χ2v) is 4.31. The first-order valence-corrected chi connectivity index (χ1v) is 5.95. The highest BCUT2D eigenvalue weighted by Crippen LogP contribution is 2.16. The zero-order valence-corrected chi connectivity index (χ0v) is 10.9. The lowest BCUT2D eigenvalue weighted by atomic mass is 10.1. The second kappa shape index (κ2) is 5.74. The number of carboxylic acids is 1. The number of carbonyl (C=O) groups is 2. The number of rotatable bonds is 4. The predicted octanol–water partition coefficient (Wildman–Crippen LogP) is 2.49. The van der Waals surface area contributed by atoms with Crippen molar-refractivity contribution in [2.45, 2.75) is 13.5 Å². The van der Waals surface area contributed by atoms with Crippen LogP contribution >= 0.6 is 0 Å². The standard InChI is InChI=1S/C14H11F2NO4/c1-7-2-4-9(15)11(12(7)16)13(18)17-6-8-3-5-10(21-8)14(19)20/h2-5H,6H2,1H3,(H,17,18)(H,19,20). The fourth-order valence-corrected chi connectivity index (χ4v) is 1.71. The molecule has 7 heteroatoms. The summed E-state index contributed by atoms with van der Waals surface area (Å²) < 4.78 is 32.2. The largest absolute Gasteiger partial charge is 0.475 e. The summed E-state index contributed by atoms with van der Waals surface area (Å²) in [6.45, 7) is 1.23. The molecule has 0 fully saturated rings. The van der Waals surface area contributed by atoms with Gasteiger partial charge in [0, 0.05) is 0 Å². The van der Waals surface area contributed by atoms with E-state index in [1.807, 2.05) is 0 Å². The molecule has 110 valence electrons. The highest BCUT2D eigenvalue weighted by Gasteiger charge is 2.19. The molecule has 0 aliphatic heterocycles. The van der Waals surface area contributed by atoms with Crippen LogP contribution in [0.2, 0.25) is 0 Å². The van der Waals surface area contributed by atoms with E-state index < -0.39 is 29.1 Å². The Morgan fingerprint density at radius 1 is 1.24 bits per heavy atom. The molecule has 1 amide bonds. The summed E-state index contributed by atoms with van der Waals surface area (Å²) in [6, 6.07) is 4.81. The molecule has 0 bridgehead atoms. The minimum atomic E-state index is -1.25. The van der Waals surface area contributed by atoms with Crippen molar-refractivity contribution in [3.63, 3.8) is 0 Å². The van der Waals surface area contributed by atoms with Gasteiger partial charge in [-0.15, -0.1) is 0 Å². The van der Waals surface area contributed by atoms with Crippen molar-refractivity contribution in [3.8, 4) is 0 Å². The SMILES string of the molecule is Cc1ccc(F)c(C(=O)NCc2ccc(C(=O)O)o2)c1F. The van der Waals surface area contributed by atoms with Crippen LogP contribution in [0.15, 0.2) is 28.7 Å². The topological polar surface area (TPSA) is 79.5 Å². The lowest BCUT2D eigenvalue weighted by Gasteiger charge is -2.07. The van der Waals surface area contributed by atoms with Crippen molar-refractivity contribution in [1.82, 2.24) is 5.32 Å². The Kier molecular flexibility index (Phi) is 4.02. The fourth-order valence-electron chi connectivity index (χ4n) is 1.71. The van der Waals surface area contributed by atoms with Crippen molar-refractivity contribution >= 4 is 11.9 Å². The normalized spacial score (nSPS) is 10.4. The van der Waals surface area contributed by atoms with Gasteiger partial charge in [-0.3, -0.25) is 4.79 Å². The molecule has 0 aliphatic rings. The Hall–Kier alpha value is -2.70. The summed E-state index contributed by atoms with van der Waals surface area (Å²) in [5, 5.41) is 10.9. The van der Waals surface area contributed by atoms with Crippen LogP contribution < -0.4 is 5.32 Å². The first kappa shape index (κ1) is 14.7.